The number of benzene rings is 1. The lowest BCUT2D eigenvalue weighted by molar-refractivity contribution is -0.123. The molecule has 0 radical (unpaired) electrons. The van der Waals surface area contributed by atoms with E-state index >= 15 is 0 Å². The van der Waals surface area contributed by atoms with Crippen molar-refractivity contribution < 1.29 is 19.1 Å². The average molecular weight is 355 g/mol. The van der Waals surface area contributed by atoms with Gasteiger partial charge in [-0.15, -0.1) is 0 Å². The van der Waals surface area contributed by atoms with E-state index in [0.717, 1.165) is 24.2 Å². The highest BCUT2D eigenvalue weighted by Crippen LogP contribution is 2.30. The number of nitrogens with one attached hydrogen (secondary N) is 2. The number of amides is 2. The van der Waals surface area contributed by atoms with E-state index in [9.17, 15) is 9.59 Å². The van der Waals surface area contributed by atoms with E-state index in [0.29, 0.717) is 18.1 Å². The molecule has 0 aliphatic heterocycles. The highest BCUT2D eigenvalue weighted by atomic mass is 16.5. The first-order valence-electron chi connectivity index (χ1n) is 8.43. The fourth-order valence-electron chi connectivity index (χ4n) is 2.26. The molecule has 0 atom stereocenters. The van der Waals surface area contributed by atoms with Crippen LogP contribution in [0.5, 0.6) is 11.6 Å². The molecular formula is C19H21N3O4. The third-order valence-corrected chi connectivity index (χ3v) is 3.95. The van der Waals surface area contributed by atoms with Crippen LogP contribution in [0.2, 0.25) is 0 Å². The van der Waals surface area contributed by atoms with E-state index in [-0.39, 0.29) is 24.3 Å². The van der Waals surface area contributed by atoms with Crippen molar-refractivity contribution in [1.82, 2.24) is 10.3 Å². The second-order valence-electron chi connectivity index (χ2n) is 6.06. The SMILES string of the molecule is COc1ccc(CNC(=O)COc2ccc(NC(=O)C3CC3)cn2)cc1. The molecule has 7 nitrogen and oxygen atoms in total. The van der Waals surface area contributed by atoms with Crippen LogP contribution >= 0.6 is 0 Å². The molecule has 1 aliphatic carbocycles. The number of carbonyl (C=O) groups excluding carboxylic acids is 2. The van der Waals surface area contributed by atoms with Crippen LogP contribution < -0.4 is 20.1 Å². The fourth-order valence-corrected chi connectivity index (χ4v) is 2.26. The lowest BCUT2D eigenvalue weighted by atomic mass is 10.2. The number of aromatic nitrogens is 1. The van der Waals surface area contributed by atoms with Crippen LogP contribution in [-0.2, 0) is 16.1 Å². The molecule has 1 aliphatic rings. The number of hydrogen-bond donors (Lipinski definition) is 2. The highest BCUT2D eigenvalue weighted by Gasteiger charge is 2.29. The molecule has 0 saturated heterocycles. The molecule has 0 unspecified atom stereocenters. The molecule has 26 heavy (non-hydrogen) atoms. The van der Waals surface area contributed by atoms with Crippen LogP contribution in [-0.4, -0.2) is 30.5 Å². The minimum atomic E-state index is -0.242. The van der Waals surface area contributed by atoms with Crippen molar-refractivity contribution in [3.8, 4) is 11.6 Å². The molecule has 0 bridgehead atoms. The average Bonchev–Trinajstić information content (AvgIpc) is 3.51. The maximum Gasteiger partial charge on any atom is 0.258 e. The Morgan fingerprint density at radius 1 is 1.15 bits per heavy atom. The summed E-state index contributed by atoms with van der Waals surface area (Å²) in [6.07, 6.45) is 3.42. The minimum absolute atomic E-state index is 0.0263. The van der Waals surface area contributed by atoms with Gasteiger partial charge in [-0.1, -0.05) is 12.1 Å². The smallest absolute Gasteiger partial charge is 0.258 e. The summed E-state index contributed by atoms with van der Waals surface area (Å²) in [7, 11) is 1.61. The Morgan fingerprint density at radius 2 is 1.92 bits per heavy atom. The Balaban J connectivity index is 1.39. The normalized spacial score (nSPS) is 13.0. The first-order valence-corrected chi connectivity index (χ1v) is 8.43. The molecule has 3 rings (SSSR count). The van der Waals surface area contributed by atoms with Crippen molar-refractivity contribution in [2.45, 2.75) is 19.4 Å². The highest BCUT2D eigenvalue weighted by molar-refractivity contribution is 5.93. The van der Waals surface area contributed by atoms with E-state index in [1.807, 2.05) is 24.3 Å². The second-order valence-corrected chi connectivity index (χ2v) is 6.06. The summed E-state index contributed by atoms with van der Waals surface area (Å²) in [4.78, 5) is 27.6. The Labute approximate surface area is 151 Å². The van der Waals surface area contributed by atoms with Gasteiger partial charge in [0.05, 0.1) is 19.0 Å². The summed E-state index contributed by atoms with van der Waals surface area (Å²) in [5.74, 6) is 1.02. The van der Waals surface area contributed by atoms with Crippen molar-refractivity contribution in [3.05, 3.63) is 48.2 Å². The van der Waals surface area contributed by atoms with Crippen LogP contribution in [0.1, 0.15) is 18.4 Å². The quantitative estimate of drug-likeness (QED) is 0.757. The number of pyridine rings is 1. The number of hydrogen-bond acceptors (Lipinski definition) is 5. The third kappa shape index (κ3) is 5.20. The molecule has 7 heteroatoms. The van der Waals surface area contributed by atoms with Crippen molar-refractivity contribution in [2.75, 3.05) is 19.0 Å². The van der Waals surface area contributed by atoms with Gasteiger partial charge in [-0.25, -0.2) is 4.98 Å². The molecule has 1 aromatic carbocycles. The third-order valence-electron chi connectivity index (χ3n) is 3.95. The summed E-state index contributed by atoms with van der Waals surface area (Å²) < 4.78 is 10.4. The Bertz CT molecular complexity index is 755. The molecule has 1 fully saturated rings. The van der Waals surface area contributed by atoms with Gasteiger partial charge in [0.2, 0.25) is 11.8 Å². The van der Waals surface area contributed by atoms with Crippen molar-refractivity contribution in [2.24, 2.45) is 5.92 Å². The summed E-state index contributed by atoms with van der Waals surface area (Å²) in [6, 6.07) is 10.8. The number of carbonyl (C=O) groups is 2. The zero-order valence-corrected chi connectivity index (χ0v) is 14.5. The van der Waals surface area contributed by atoms with Crippen LogP contribution in [0.15, 0.2) is 42.6 Å². The Hall–Kier alpha value is -3.09. The molecule has 1 saturated carbocycles. The minimum Gasteiger partial charge on any atom is -0.497 e. The van der Waals surface area contributed by atoms with Crippen LogP contribution in [0.4, 0.5) is 5.69 Å². The monoisotopic (exact) mass is 355 g/mol. The molecule has 2 aromatic rings. The van der Waals surface area contributed by atoms with E-state index < -0.39 is 0 Å². The van der Waals surface area contributed by atoms with E-state index in [1.54, 1.807) is 19.2 Å². The lowest BCUT2D eigenvalue weighted by Gasteiger charge is -2.08. The number of anilines is 1. The van der Waals surface area contributed by atoms with Gasteiger partial charge in [0.25, 0.3) is 5.91 Å². The number of methoxy groups -OCH3 is 1. The van der Waals surface area contributed by atoms with E-state index in [1.165, 1.54) is 6.20 Å². The van der Waals surface area contributed by atoms with Gasteiger partial charge in [0, 0.05) is 18.5 Å². The van der Waals surface area contributed by atoms with Crippen molar-refractivity contribution in [1.29, 1.82) is 0 Å². The molecule has 136 valence electrons. The van der Waals surface area contributed by atoms with Gasteiger partial charge >= 0.3 is 0 Å². The van der Waals surface area contributed by atoms with Gasteiger partial charge in [-0.2, -0.15) is 0 Å². The first-order chi connectivity index (χ1) is 12.6. The van der Waals surface area contributed by atoms with Crippen molar-refractivity contribution in [3.63, 3.8) is 0 Å². The first kappa shape index (κ1) is 17.7. The summed E-state index contributed by atoms with van der Waals surface area (Å²) >= 11 is 0. The molecule has 0 spiro atoms. The molecule has 2 N–H and O–H groups in total. The maximum absolute atomic E-state index is 11.9. The number of ether oxygens (including phenoxy) is 2. The standard InChI is InChI=1S/C19H21N3O4/c1-25-16-7-2-13(3-8-16)10-20-17(23)12-26-18-9-6-15(11-21-18)22-19(24)14-4-5-14/h2-3,6-9,11,14H,4-5,10,12H2,1H3,(H,20,23)(H,22,24). The predicted octanol–water partition coefficient (Wildman–Crippen LogP) is 2.13. The predicted molar refractivity (Wildman–Crippen MR) is 95.9 cm³/mol. The van der Waals surface area contributed by atoms with Crippen LogP contribution in [0, 0.1) is 5.92 Å². The molecule has 1 aromatic heterocycles. The van der Waals surface area contributed by atoms with Crippen LogP contribution in [0.3, 0.4) is 0 Å². The van der Waals surface area contributed by atoms with Crippen molar-refractivity contribution >= 4 is 17.5 Å². The molecular weight excluding hydrogens is 334 g/mol. The van der Waals surface area contributed by atoms with Crippen LogP contribution in [0.25, 0.3) is 0 Å². The molecule has 1 heterocycles. The van der Waals surface area contributed by atoms with Gasteiger partial charge in [-0.3, -0.25) is 9.59 Å². The van der Waals surface area contributed by atoms with E-state index in [4.69, 9.17) is 9.47 Å². The maximum atomic E-state index is 11.9. The Kier molecular flexibility index (Phi) is 5.68. The van der Waals surface area contributed by atoms with E-state index in [2.05, 4.69) is 15.6 Å². The second kappa shape index (κ2) is 8.33. The zero-order valence-electron chi connectivity index (χ0n) is 14.5. The fraction of sp³-hybridized carbons (Fsp3) is 0.316. The lowest BCUT2D eigenvalue weighted by Crippen LogP contribution is -2.28. The number of nitrogens with zero attached hydrogens (tertiary/aromatic N) is 1. The zero-order chi connectivity index (χ0) is 18.4. The topological polar surface area (TPSA) is 89.5 Å². The largest absolute Gasteiger partial charge is 0.497 e. The van der Waals surface area contributed by atoms with Gasteiger partial charge in [0.1, 0.15) is 5.75 Å². The number of rotatable bonds is 8. The van der Waals surface area contributed by atoms with Gasteiger partial charge in [-0.05, 0) is 36.6 Å². The summed E-state index contributed by atoms with van der Waals surface area (Å²) in [5.41, 5.74) is 1.59. The summed E-state index contributed by atoms with van der Waals surface area (Å²) in [6.45, 7) is 0.280. The molecule has 2 amide bonds. The van der Waals surface area contributed by atoms with Gasteiger partial charge < -0.3 is 20.1 Å². The summed E-state index contributed by atoms with van der Waals surface area (Å²) in [5, 5.41) is 5.57. The van der Waals surface area contributed by atoms with Gasteiger partial charge in [0.15, 0.2) is 6.61 Å². The Morgan fingerprint density at radius 3 is 2.54 bits per heavy atom.